The Morgan fingerprint density at radius 2 is 1.85 bits per heavy atom. The predicted molar refractivity (Wildman–Crippen MR) is 106 cm³/mol. The second-order valence-corrected chi connectivity index (χ2v) is 8.01. The Hall–Kier alpha value is -2.56. The van der Waals surface area contributed by atoms with Crippen molar-refractivity contribution in [3.63, 3.8) is 0 Å². The van der Waals surface area contributed by atoms with E-state index in [2.05, 4.69) is 4.98 Å². The normalized spacial score (nSPS) is 15.5. The molecular formula is C22H28N2O3. The number of carbonyl (C=O) groups excluding carboxylic acids is 1. The molecule has 1 heterocycles. The van der Waals surface area contributed by atoms with Gasteiger partial charge in [-0.1, -0.05) is 45.2 Å². The Kier molecular flexibility index (Phi) is 5.68. The number of carbonyl (C=O) groups is 1. The van der Waals surface area contributed by atoms with Crippen molar-refractivity contribution in [2.24, 2.45) is 0 Å². The predicted octanol–water partition coefficient (Wildman–Crippen LogP) is 4.53. The van der Waals surface area contributed by atoms with Gasteiger partial charge in [-0.2, -0.15) is 0 Å². The lowest BCUT2D eigenvalue weighted by Crippen LogP contribution is -2.44. The van der Waals surface area contributed by atoms with Gasteiger partial charge in [0.2, 0.25) is 5.91 Å². The van der Waals surface area contributed by atoms with Crippen molar-refractivity contribution in [3.8, 4) is 11.5 Å². The van der Waals surface area contributed by atoms with Gasteiger partial charge in [0, 0.05) is 18.7 Å². The number of phenolic OH excluding ortho intramolecular Hbond substituents is 2. The van der Waals surface area contributed by atoms with E-state index in [1.54, 1.807) is 12.3 Å². The molecule has 1 aromatic heterocycles. The fourth-order valence-electron chi connectivity index (χ4n) is 3.86. The summed E-state index contributed by atoms with van der Waals surface area (Å²) < 4.78 is 0. The van der Waals surface area contributed by atoms with Crippen molar-refractivity contribution in [3.05, 3.63) is 48.2 Å². The number of benzene rings is 1. The van der Waals surface area contributed by atoms with Crippen molar-refractivity contribution in [2.45, 2.75) is 63.8 Å². The Labute approximate surface area is 160 Å². The molecule has 1 aliphatic rings. The lowest BCUT2D eigenvalue weighted by Gasteiger charge is -2.36. The quantitative estimate of drug-likeness (QED) is 0.761. The molecule has 0 saturated heterocycles. The SMILES string of the molecule is CC(C)(CC(=O)N(c1ccccn1)C1CCCCC1)c1ccc(O)c(O)c1. The van der Waals surface area contributed by atoms with Crippen LogP contribution in [0.25, 0.3) is 0 Å². The van der Waals surface area contributed by atoms with Crippen molar-refractivity contribution in [1.29, 1.82) is 0 Å². The van der Waals surface area contributed by atoms with E-state index >= 15 is 0 Å². The molecule has 1 aromatic carbocycles. The van der Waals surface area contributed by atoms with Gasteiger partial charge in [0.15, 0.2) is 11.5 Å². The van der Waals surface area contributed by atoms with Crippen LogP contribution in [0.15, 0.2) is 42.6 Å². The third kappa shape index (κ3) is 4.41. The number of phenols is 2. The van der Waals surface area contributed by atoms with Gasteiger partial charge >= 0.3 is 0 Å². The number of aromatic hydroxyl groups is 2. The Morgan fingerprint density at radius 1 is 1.11 bits per heavy atom. The van der Waals surface area contributed by atoms with Crippen molar-refractivity contribution in [2.75, 3.05) is 4.90 Å². The van der Waals surface area contributed by atoms with Gasteiger partial charge in [0.25, 0.3) is 0 Å². The summed E-state index contributed by atoms with van der Waals surface area (Å²) in [5.41, 5.74) is 0.333. The van der Waals surface area contributed by atoms with E-state index in [0.29, 0.717) is 12.2 Å². The van der Waals surface area contributed by atoms with Gasteiger partial charge in [-0.15, -0.1) is 0 Å². The minimum Gasteiger partial charge on any atom is -0.504 e. The molecule has 0 aliphatic heterocycles. The van der Waals surface area contributed by atoms with E-state index in [9.17, 15) is 15.0 Å². The van der Waals surface area contributed by atoms with Crippen LogP contribution in [0.5, 0.6) is 11.5 Å². The summed E-state index contributed by atoms with van der Waals surface area (Å²) in [5, 5.41) is 19.4. The number of amides is 1. The first kappa shape index (κ1) is 19.2. The summed E-state index contributed by atoms with van der Waals surface area (Å²) in [6, 6.07) is 10.6. The minimum atomic E-state index is -0.482. The first-order valence-corrected chi connectivity index (χ1v) is 9.64. The van der Waals surface area contributed by atoms with Crippen LogP contribution in [0, 0.1) is 0 Å². The largest absolute Gasteiger partial charge is 0.504 e. The molecule has 2 aromatic rings. The molecule has 0 radical (unpaired) electrons. The molecule has 144 valence electrons. The topological polar surface area (TPSA) is 73.7 Å². The zero-order valence-electron chi connectivity index (χ0n) is 16.1. The summed E-state index contributed by atoms with van der Waals surface area (Å²) in [7, 11) is 0. The van der Waals surface area contributed by atoms with E-state index in [1.807, 2.05) is 36.9 Å². The second kappa shape index (κ2) is 7.99. The van der Waals surface area contributed by atoms with E-state index in [0.717, 1.165) is 31.2 Å². The number of hydrogen-bond acceptors (Lipinski definition) is 4. The number of nitrogens with zero attached hydrogens (tertiary/aromatic N) is 2. The maximum atomic E-state index is 13.4. The molecule has 5 heteroatoms. The van der Waals surface area contributed by atoms with Gasteiger partial charge in [0.1, 0.15) is 5.82 Å². The van der Waals surface area contributed by atoms with Crippen molar-refractivity contribution < 1.29 is 15.0 Å². The van der Waals surface area contributed by atoms with E-state index in [4.69, 9.17) is 0 Å². The zero-order valence-corrected chi connectivity index (χ0v) is 16.1. The fourth-order valence-corrected chi connectivity index (χ4v) is 3.86. The first-order valence-electron chi connectivity index (χ1n) is 9.64. The molecule has 2 N–H and O–H groups in total. The van der Waals surface area contributed by atoms with Gasteiger partial charge in [-0.3, -0.25) is 9.69 Å². The van der Waals surface area contributed by atoms with Crippen molar-refractivity contribution >= 4 is 11.7 Å². The van der Waals surface area contributed by atoms with Crippen LogP contribution in [0.3, 0.4) is 0 Å². The van der Waals surface area contributed by atoms with Crippen LogP contribution in [-0.2, 0) is 10.2 Å². The van der Waals surface area contributed by atoms with Crippen LogP contribution in [0.4, 0.5) is 5.82 Å². The van der Waals surface area contributed by atoms with Gasteiger partial charge in [-0.05, 0) is 48.1 Å². The lowest BCUT2D eigenvalue weighted by atomic mass is 9.80. The minimum absolute atomic E-state index is 0.0400. The highest BCUT2D eigenvalue weighted by atomic mass is 16.3. The van der Waals surface area contributed by atoms with Gasteiger partial charge in [0.05, 0.1) is 0 Å². The molecule has 27 heavy (non-hydrogen) atoms. The molecule has 1 fully saturated rings. The molecule has 3 rings (SSSR count). The highest BCUT2D eigenvalue weighted by molar-refractivity contribution is 5.93. The Morgan fingerprint density at radius 3 is 2.48 bits per heavy atom. The smallest absolute Gasteiger partial charge is 0.229 e. The molecule has 1 aliphatic carbocycles. The fraction of sp³-hybridized carbons (Fsp3) is 0.455. The molecule has 0 atom stereocenters. The average molecular weight is 368 g/mol. The molecule has 5 nitrogen and oxygen atoms in total. The molecule has 0 bridgehead atoms. The number of anilines is 1. The molecule has 1 saturated carbocycles. The standard InChI is InChI=1S/C22H28N2O3/c1-22(2,16-11-12-18(25)19(26)14-16)15-21(27)24(17-8-4-3-5-9-17)20-10-6-7-13-23-20/h6-7,10-14,17,25-26H,3-5,8-9,15H2,1-2H3. The molecule has 0 spiro atoms. The summed E-state index contributed by atoms with van der Waals surface area (Å²) >= 11 is 0. The number of hydrogen-bond donors (Lipinski definition) is 2. The number of aromatic nitrogens is 1. The van der Waals surface area contributed by atoms with Crippen LogP contribution in [0.2, 0.25) is 0 Å². The third-order valence-corrected chi connectivity index (χ3v) is 5.45. The molecule has 0 unspecified atom stereocenters. The highest BCUT2D eigenvalue weighted by Gasteiger charge is 2.33. The summed E-state index contributed by atoms with van der Waals surface area (Å²) in [6.07, 6.45) is 7.52. The Bertz CT molecular complexity index is 783. The van der Waals surface area contributed by atoms with E-state index in [1.165, 1.54) is 18.6 Å². The van der Waals surface area contributed by atoms with Crippen LogP contribution in [0.1, 0.15) is 57.9 Å². The van der Waals surface area contributed by atoms with Gasteiger partial charge < -0.3 is 10.2 Å². The van der Waals surface area contributed by atoms with Crippen LogP contribution >= 0.6 is 0 Å². The average Bonchev–Trinajstić information content (AvgIpc) is 2.65. The van der Waals surface area contributed by atoms with Crippen LogP contribution in [-0.4, -0.2) is 27.1 Å². The van der Waals surface area contributed by atoms with E-state index in [-0.39, 0.29) is 23.4 Å². The number of pyridine rings is 1. The summed E-state index contributed by atoms with van der Waals surface area (Å²) in [5.74, 6) is 0.428. The molecular weight excluding hydrogens is 340 g/mol. The van der Waals surface area contributed by atoms with Crippen molar-refractivity contribution in [1.82, 2.24) is 4.98 Å². The maximum absolute atomic E-state index is 13.4. The van der Waals surface area contributed by atoms with Crippen LogP contribution < -0.4 is 4.90 Å². The zero-order chi connectivity index (χ0) is 19.4. The number of rotatable bonds is 5. The highest BCUT2D eigenvalue weighted by Crippen LogP contribution is 2.35. The third-order valence-electron chi connectivity index (χ3n) is 5.45. The summed E-state index contributed by atoms with van der Waals surface area (Å²) in [6.45, 7) is 3.96. The monoisotopic (exact) mass is 368 g/mol. The summed E-state index contributed by atoms with van der Waals surface area (Å²) in [4.78, 5) is 19.7. The Balaban J connectivity index is 1.85. The van der Waals surface area contributed by atoms with Gasteiger partial charge in [-0.25, -0.2) is 4.98 Å². The lowest BCUT2D eigenvalue weighted by molar-refractivity contribution is -0.120. The molecule has 1 amide bonds. The van der Waals surface area contributed by atoms with E-state index < -0.39 is 5.41 Å². The first-order chi connectivity index (χ1) is 12.9. The maximum Gasteiger partial charge on any atom is 0.229 e. The second-order valence-electron chi connectivity index (χ2n) is 8.01.